The third-order valence-electron chi connectivity index (χ3n) is 4.32. The monoisotopic (exact) mass is 238 g/mol. The molecule has 1 heteroatoms. The molecule has 1 rings (SSSR count). The molecule has 1 nitrogen and oxygen atoms in total. The second kappa shape index (κ2) is 9.67. The van der Waals surface area contributed by atoms with Crippen molar-refractivity contribution in [1.82, 2.24) is 0 Å². The Hall–Kier alpha value is -0.330. The van der Waals surface area contributed by atoms with Crippen molar-refractivity contribution in [3.8, 4) is 0 Å². The molecule has 0 N–H and O–H groups in total. The van der Waals surface area contributed by atoms with Gasteiger partial charge in [0, 0.05) is 5.92 Å². The van der Waals surface area contributed by atoms with E-state index in [0.717, 1.165) is 12.3 Å². The van der Waals surface area contributed by atoms with Crippen LogP contribution in [0.4, 0.5) is 0 Å². The normalized spacial score (nSPS) is 19.1. The van der Waals surface area contributed by atoms with Crippen molar-refractivity contribution in [2.75, 3.05) is 0 Å². The number of carbonyl (C=O) groups is 1. The van der Waals surface area contributed by atoms with E-state index in [0.29, 0.717) is 5.92 Å². The highest BCUT2D eigenvalue weighted by Crippen LogP contribution is 2.31. The number of rotatable bonds is 9. The van der Waals surface area contributed by atoms with Crippen LogP contribution in [-0.2, 0) is 4.79 Å². The van der Waals surface area contributed by atoms with Gasteiger partial charge in [0.2, 0.25) is 0 Å². The number of carbonyl (C=O) groups excluding carboxylic acids is 1. The molecule has 0 bridgehead atoms. The zero-order chi connectivity index (χ0) is 12.3. The lowest BCUT2D eigenvalue weighted by atomic mass is 9.78. The maximum atomic E-state index is 11.2. The van der Waals surface area contributed by atoms with Gasteiger partial charge in [-0.25, -0.2) is 0 Å². The van der Waals surface area contributed by atoms with Crippen LogP contribution >= 0.6 is 0 Å². The molecule has 0 aromatic carbocycles. The lowest BCUT2D eigenvalue weighted by molar-refractivity contribution is -0.113. The van der Waals surface area contributed by atoms with Crippen LogP contribution in [0.3, 0.4) is 0 Å². The Kier molecular flexibility index (Phi) is 8.38. The molecule has 17 heavy (non-hydrogen) atoms. The molecule has 0 aromatic heterocycles. The first-order valence-electron chi connectivity index (χ1n) is 7.83. The van der Waals surface area contributed by atoms with E-state index in [1.54, 1.807) is 0 Å². The molecule has 0 spiro atoms. The van der Waals surface area contributed by atoms with E-state index in [4.69, 9.17) is 0 Å². The lowest BCUT2D eigenvalue weighted by Gasteiger charge is -2.26. The molecule has 0 radical (unpaired) electrons. The van der Waals surface area contributed by atoms with Crippen molar-refractivity contribution in [1.29, 1.82) is 0 Å². The van der Waals surface area contributed by atoms with E-state index in [1.807, 2.05) is 0 Å². The van der Waals surface area contributed by atoms with Gasteiger partial charge in [0.15, 0.2) is 0 Å². The van der Waals surface area contributed by atoms with Crippen LogP contribution < -0.4 is 0 Å². The molecule has 0 aliphatic heterocycles. The molecule has 1 saturated carbocycles. The van der Waals surface area contributed by atoms with Crippen LogP contribution in [0.5, 0.6) is 0 Å². The largest absolute Gasteiger partial charge is 0.303 e. The van der Waals surface area contributed by atoms with Crippen molar-refractivity contribution in [3.63, 3.8) is 0 Å². The average Bonchev–Trinajstić information content (AvgIpc) is 2.39. The summed E-state index contributed by atoms with van der Waals surface area (Å²) in [6, 6.07) is 0. The van der Waals surface area contributed by atoms with E-state index in [2.05, 4.69) is 6.92 Å². The fourth-order valence-corrected chi connectivity index (χ4v) is 3.14. The highest BCUT2D eigenvalue weighted by atomic mass is 16.1. The number of hydrogen-bond acceptors (Lipinski definition) is 1. The first-order valence-corrected chi connectivity index (χ1v) is 7.83. The van der Waals surface area contributed by atoms with Crippen LogP contribution in [-0.4, -0.2) is 6.29 Å². The Morgan fingerprint density at radius 3 is 2.29 bits per heavy atom. The van der Waals surface area contributed by atoms with Crippen LogP contribution in [0, 0.1) is 11.8 Å². The Morgan fingerprint density at radius 2 is 1.65 bits per heavy atom. The molecular formula is C16H30O. The first-order chi connectivity index (χ1) is 8.38. The van der Waals surface area contributed by atoms with Crippen molar-refractivity contribution in [2.45, 2.75) is 84.0 Å². The minimum Gasteiger partial charge on any atom is -0.303 e. The molecule has 1 fully saturated rings. The summed E-state index contributed by atoms with van der Waals surface area (Å²) in [6.07, 6.45) is 17.1. The van der Waals surface area contributed by atoms with Crippen LogP contribution in [0.25, 0.3) is 0 Å². The summed E-state index contributed by atoms with van der Waals surface area (Å²) in [6.45, 7) is 2.26. The van der Waals surface area contributed by atoms with E-state index >= 15 is 0 Å². The van der Waals surface area contributed by atoms with Gasteiger partial charge in [-0.15, -0.1) is 0 Å². The van der Waals surface area contributed by atoms with Gasteiger partial charge < -0.3 is 4.79 Å². The van der Waals surface area contributed by atoms with Crippen LogP contribution in [0.2, 0.25) is 0 Å². The second-order valence-corrected chi connectivity index (χ2v) is 5.75. The van der Waals surface area contributed by atoms with Gasteiger partial charge in [-0.3, -0.25) is 0 Å². The van der Waals surface area contributed by atoms with Gasteiger partial charge in [-0.05, 0) is 25.2 Å². The van der Waals surface area contributed by atoms with Gasteiger partial charge in [0.25, 0.3) is 0 Å². The first kappa shape index (κ1) is 14.7. The van der Waals surface area contributed by atoms with Crippen molar-refractivity contribution in [3.05, 3.63) is 0 Å². The smallest absolute Gasteiger partial charge is 0.123 e. The average molecular weight is 238 g/mol. The third kappa shape index (κ3) is 6.24. The van der Waals surface area contributed by atoms with Gasteiger partial charge in [-0.2, -0.15) is 0 Å². The molecule has 0 heterocycles. The highest BCUT2D eigenvalue weighted by molar-refractivity contribution is 5.53. The summed E-state index contributed by atoms with van der Waals surface area (Å²) < 4.78 is 0. The topological polar surface area (TPSA) is 17.1 Å². The molecule has 1 unspecified atom stereocenters. The molecule has 100 valence electrons. The highest BCUT2D eigenvalue weighted by Gasteiger charge is 2.22. The van der Waals surface area contributed by atoms with Crippen molar-refractivity contribution < 1.29 is 4.79 Å². The van der Waals surface area contributed by atoms with E-state index < -0.39 is 0 Å². The number of unbranched alkanes of at least 4 members (excludes halogenated alkanes) is 5. The summed E-state index contributed by atoms with van der Waals surface area (Å²) >= 11 is 0. The van der Waals surface area contributed by atoms with E-state index in [9.17, 15) is 4.79 Å². The fraction of sp³-hybridized carbons (Fsp3) is 0.938. The standard InChI is InChI=1S/C16H30O/c1-2-3-4-5-6-8-13-16(14-17)15-11-9-7-10-12-15/h14-16H,2-13H2,1H3. The quantitative estimate of drug-likeness (QED) is 0.402. The Balaban J connectivity index is 2.07. The second-order valence-electron chi connectivity index (χ2n) is 5.75. The predicted molar refractivity (Wildman–Crippen MR) is 74.1 cm³/mol. The number of hydrogen-bond donors (Lipinski definition) is 0. The van der Waals surface area contributed by atoms with Gasteiger partial charge in [0.1, 0.15) is 6.29 Å². The molecular weight excluding hydrogens is 208 g/mol. The zero-order valence-electron chi connectivity index (χ0n) is 11.6. The summed E-state index contributed by atoms with van der Waals surface area (Å²) in [7, 11) is 0. The maximum absolute atomic E-state index is 11.2. The minimum atomic E-state index is 0.376. The predicted octanol–water partition coefficient (Wildman–Crippen LogP) is 5.13. The minimum absolute atomic E-state index is 0.376. The summed E-state index contributed by atoms with van der Waals surface area (Å²) in [5.41, 5.74) is 0. The lowest BCUT2D eigenvalue weighted by Crippen LogP contribution is -2.19. The molecule has 1 atom stereocenters. The Bertz CT molecular complexity index is 182. The molecule has 1 aliphatic carbocycles. The fourth-order valence-electron chi connectivity index (χ4n) is 3.14. The Morgan fingerprint density at radius 1 is 1.00 bits per heavy atom. The summed E-state index contributed by atoms with van der Waals surface area (Å²) in [5, 5.41) is 0. The molecule has 0 aromatic rings. The van der Waals surface area contributed by atoms with Crippen LogP contribution in [0.1, 0.15) is 84.0 Å². The van der Waals surface area contributed by atoms with E-state index in [1.165, 1.54) is 76.9 Å². The van der Waals surface area contributed by atoms with Gasteiger partial charge in [-0.1, -0.05) is 64.7 Å². The number of aldehydes is 1. The summed E-state index contributed by atoms with van der Waals surface area (Å²) in [5.74, 6) is 1.10. The third-order valence-corrected chi connectivity index (χ3v) is 4.32. The van der Waals surface area contributed by atoms with Gasteiger partial charge >= 0.3 is 0 Å². The zero-order valence-corrected chi connectivity index (χ0v) is 11.6. The van der Waals surface area contributed by atoms with E-state index in [-0.39, 0.29) is 0 Å². The van der Waals surface area contributed by atoms with Gasteiger partial charge in [0.05, 0.1) is 0 Å². The SMILES string of the molecule is CCCCCCCCC(C=O)C1CCCCC1. The van der Waals surface area contributed by atoms with Crippen molar-refractivity contribution >= 4 is 6.29 Å². The Labute approximate surface area is 107 Å². The van der Waals surface area contributed by atoms with Crippen molar-refractivity contribution in [2.24, 2.45) is 11.8 Å². The molecule has 0 saturated heterocycles. The van der Waals surface area contributed by atoms with Crippen LogP contribution in [0.15, 0.2) is 0 Å². The molecule has 1 aliphatic rings. The molecule has 0 amide bonds. The summed E-state index contributed by atoms with van der Waals surface area (Å²) in [4.78, 5) is 11.2. The maximum Gasteiger partial charge on any atom is 0.123 e.